The van der Waals surface area contributed by atoms with Crippen LogP contribution in [0.2, 0.25) is 5.02 Å². The molecule has 1 aromatic heterocycles. The molecule has 122 valence electrons. The average Bonchev–Trinajstić information content (AvgIpc) is 2.88. The Kier molecular flexibility index (Phi) is 4.40. The number of nitrogens with zero attached hydrogens (tertiary/aromatic N) is 1. The maximum Gasteiger partial charge on any atom is 0.199 e. The first kappa shape index (κ1) is 16.3. The van der Waals surface area contributed by atoms with E-state index in [0.29, 0.717) is 27.6 Å². The Hall–Kier alpha value is -2.59. The van der Waals surface area contributed by atoms with Crippen LogP contribution in [-0.2, 0) is 0 Å². The first-order valence-electron chi connectivity index (χ1n) is 7.57. The summed E-state index contributed by atoms with van der Waals surface area (Å²) in [6.45, 7) is 5.49. The molecule has 0 fully saturated rings. The number of hydrogen-bond donors (Lipinski definition) is 1. The predicted octanol–water partition coefficient (Wildman–Crippen LogP) is 5.23. The number of rotatable bonds is 4. The average molecular weight is 341 g/mol. The third kappa shape index (κ3) is 3.05. The van der Waals surface area contributed by atoms with Gasteiger partial charge in [0.05, 0.1) is 16.3 Å². The SMILES string of the molecule is Cc1ccccc1Nc1ccc(C(=O)c2c(C)noc2C)c(Cl)c1. The third-order valence-electron chi connectivity index (χ3n) is 3.90. The summed E-state index contributed by atoms with van der Waals surface area (Å²) >= 11 is 6.34. The zero-order chi connectivity index (χ0) is 17.3. The van der Waals surface area contributed by atoms with Crippen molar-refractivity contribution in [2.24, 2.45) is 0 Å². The molecule has 0 aliphatic rings. The number of halogens is 1. The van der Waals surface area contributed by atoms with Crippen LogP contribution >= 0.6 is 11.6 Å². The van der Waals surface area contributed by atoms with Crippen molar-refractivity contribution in [1.82, 2.24) is 5.16 Å². The fourth-order valence-corrected chi connectivity index (χ4v) is 2.85. The molecule has 1 N–H and O–H groups in total. The van der Waals surface area contributed by atoms with Crippen molar-refractivity contribution in [2.75, 3.05) is 5.32 Å². The molecule has 3 aromatic rings. The summed E-state index contributed by atoms with van der Waals surface area (Å²) in [5.74, 6) is 0.314. The van der Waals surface area contributed by atoms with Gasteiger partial charge >= 0.3 is 0 Å². The zero-order valence-corrected chi connectivity index (χ0v) is 14.4. The Labute approximate surface area is 145 Å². The quantitative estimate of drug-likeness (QED) is 0.661. The Balaban J connectivity index is 1.91. The van der Waals surface area contributed by atoms with E-state index in [1.165, 1.54) is 0 Å². The summed E-state index contributed by atoms with van der Waals surface area (Å²) in [7, 11) is 0. The Morgan fingerprint density at radius 3 is 2.50 bits per heavy atom. The number of nitrogens with one attached hydrogen (secondary N) is 1. The van der Waals surface area contributed by atoms with Crippen molar-refractivity contribution in [1.29, 1.82) is 0 Å². The van der Waals surface area contributed by atoms with Crippen LogP contribution in [0.4, 0.5) is 11.4 Å². The zero-order valence-electron chi connectivity index (χ0n) is 13.7. The molecular formula is C19H17ClN2O2. The van der Waals surface area contributed by atoms with E-state index in [2.05, 4.69) is 10.5 Å². The Bertz CT molecular complexity index is 896. The molecule has 0 amide bonds. The minimum Gasteiger partial charge on any atom is -0.361 e. The van der Waals surface area contributed by atoms with Crippen LogP contribution in [0.3, 0.4) is 0 Å². The predicted molar refractivity (Wildman–Crippen MR) is 95.3 cm³/mol. The first-order chi connectivity index (χ1) is 11.5. The lowest BCUT2D eigenvalue weighted by atomic mass is 10.0. The number of benzene rings is 2. The normalized spacial score (nSPS) is 10.7. The van der Waals surface area contributed by atoms with Crippen molar-refractivity contribution in [2.45, 2.75) is 20.8 Å². The van der Waals surface area contributed by atoms with Gasteiger partial charge in [-0.3, -0.25) is 4.79 Å². The van der Waals surface area contributed by atoms with E-state index in [0.717, 1.165) is 16.9 Å². The van der Waals surface area contributed by atoms with E-state index in [-0.39, 0.29) is 5.78 Å². The Morgan fingerprint density at radius 2 is 1.88 bits per heavy atom. The second-order valence-electron chi connectivity index (χ2n) is 5.66. The number of aromatic nitrogens is 1. The van der Waals surface area contributed by atoms with Crippen LogP contribution in [0.5, 0.6) is 0 Å². The molecule has 0 spiro atoms. The lowest BCUT2D eigenvalue weighted by molar-refractivity contribution is 0.103. The van der Waals surface area contributed by atoms with Crippen LogP contribution in [0, 0.1) is 20.8 Å². The number of carbonyl (C=O) groups is 1. The second-order valence-corrected chi connectivity index (χ2v) is 6.07. The number of anilines is 2. The van der Waals surface area contributed by atoms with Crippen LogP contribution in [0.15, 0.2) is 47.0 Å². The second kappa shape index (κ2) is 6.49. The first-order valence-corrected chi connectivity index (χ1v) is 7.95. The van der Waals surface area contributed by atoms with Gasteiger partial charge < -0.3 is 9.84 Å². The maximum atomic E-state index is 12.7. The molecular weight excluding hydrogens is 324 g/mol. The number of carbonyl (C=O) groups excluding carboxylic acids is 1. The van der Waals surface area contributed by atoms with E-state index >= 15 is 0 Å². The van der Waals surface area contributed by atoms with Crippen molar-refractivity contribution in [3.63, 3.8) is 0 Å². The van der Waals surface area contributed by atoms with Crippen molar-refractivity contribution in [3.8, 4) is 0 Å². The van der Waals surface area contributed by atoms with Crippen LogP contribution < -0.4 is 5.32 Å². The summed E-state index contributed by atoms with van der Waals surface area (Å²) < 4.78 is 5.07. The van der Waals surface area contributed by atoms with Gasteiger partial charge in [0.15, 0.2) is 5.78 Å². The van der Waals surface area contributed by atoms with Gasteiger partial charge in [-0.05, 0) is 50.6 Å². The van der Waals surface area contributed by atoms with Gasteiger partial charge in [-0.25, -0.2) is 0 Å². The van der Waals surface area contributed by atoms with Crippen molar-refractivity contribution >= 4 is 28.8 Å². The molecule has 5 heteroatoms. The number of ketones is 1. The molecule has 0 bridgehead atoms. The standard InChI is InChI=1S/C19H17ClN2O2/c1-11-6-4-5-7-17(11)21-14-8-9-15(16(20)10-14)19(23)18-12(2)22-24-13(18)3/h4-10,21H,1-3H3. The molecule has 0 unspecified atom stereocenters. The van der Waals surface area contributed by atoms with Gasteiger partial charge in [0, 0.05) is 16.9 Å². The monoisotopic (exact) mass is 340 g/mol. The fraction of sp³-hybridized carbons (Fsp3) is 0.158. The molecule has 0 aliphatic carbocycles. The van der Waals surface area contributed by atoms with Gasteiger partial charge in [0.2, 0.25) is 0 Å². The number of para-hydroxylation sites is 1. The minimum atomic E-state index is -0.182. The van der Waals surface area contributed by atoms with Gasteiger partial charge in [-0.1, -0.05) is 35.0 Å². The molecule has 0 atom stereocenters. The number of hydrogen-bond acceptors (Lipinski definition) is 4. The van der Waals surface area contributed by atoms with Crippen molar-refractivity contribution < 1.29 is 9.32 Å². The van der Waals surface area contributed by atoms with Gasteiger partial charge in [0.1, 0.15) is 5.76 Å². The van der Waals surface area contributed by atoms with Gasteiger partial charge in [-0.15, -0.1) is 0 Å². The van der Waals surface area contributed by atoms with E-state index in [1.807, 2.05) is 37.3 Å². The van der Waals surface area contributed by atoms with E-state index in [4.69, 9.17) is 16.1 Å². The molecule has 0 saturated heterocycles. The highest BCUT2D eigenvalue weighted by atomic mass is 35.5. The summed E-state index contributed by atoms with van der Waals surface area (Å²) in [6.07, 6.45) is 0. The Morgan fingerprint density at radius 1 is 1.12 bits per heavy atom. The molecule has 1 heterocycles. The summed E-state index contributed by atoms with van der Waals surface area (Å²) in [4.78, 5) is 12.7. The van der Waals surface area contributed by atoms with E-state index in [9.17, 15) is 4.79 Å². The van der Waals surface area contributed by atoms with Gasteiger partial charge in [0.25, 0.3) is 0 Å². The highest BCUT2D eigenvalue weighted by Crippen LogP contribution is 2.28. The van der Waals surface area contributed by atoms with Crippen molar-refractivity contribution in [3.05, 3.63) is 75.6 Å². The minimum absolute atomic E-state index is 0.182. The summed E-state index contributed by atoms with van der Waals surface area (Å²) in [5, 5.41) is 7.52. The molecule has 0 aliphatic heterocycles. The molecule has 2 aromatic carbocycles. The lowest BCUT2D eigenvalue weighted by Crippen LogP contribution is -2.05. The molecule has 3 rings (SSSR count). The van der Waals surface area contributed by atoms with Crippen LogP contribution in [0.25, 0.3) is 0 Å². The molecule has 0 radical (unpaired) electrons. The number of aryl methyl sites for hydroxylation is 3. The van der Waals surface area contributed by atoms with Crippen LogP contribution in [-0.4, -0.2) is 10.9 Å². The summed E-state index contributed by atoms with van der Waals surface area (Å²) in [6, 6.07) is 13.3. The highest BCUT2D eigenvalue weighted by molar-refractivity contribution is 6.35. The van der Waals surface area contributed by atoms with Crippen LogP contribution in [0.1, 0.15) is 32.9 Å². The maximum absolute atomic E-state index is 12.7. The third-order valence-corrected chi connectivity index (χ3v) is 4.21. The molecule has 24 heavy (non-hydrogen) atoms. The topological polar surface area (TPSA) is 55.1 Å². The molecule has 4 nitrogen and oxygen atoms in total. The molecule has 0 saturated carbocycles. The largest absolute Gasteiger partial charge is 0.361 e. The fourth-order valence-electron chi connectivity index (χ4n) is 2.59. The lowest BCUT2D eigenvalue weighted by Gasteiger charge is -2.11. The van der Waals surface area contributed by atoms with Gasteiger partial charge in [-0.2, -0.15) is 0 Å². The summed E-state index contributed by atoms with van der Waals surface area (Å²) in [5.41, 5.74) is 4.42. The van der Waals surface area contributed by atoms with E-state index in [1.54, 1.807) is 26.0 Å². The smallest absolute Gasteiger partial charge is 0.199 e. The van der Waals surface area contributed by atoms with E-state index < -0.39 is 0 Å². The highest BCUT2D eigenvalue weighted by Gasteiger charge is 2.21.